The fourth-order valence-corrected chi connectivity index (χ4v) is 4.84. The molecule has 1 unspecified atom stereocenters. The van der Waals surface area contributed by atoms with Gasteiger partial charge in [-0.25, -0.2) is 0 Å². The molecule has 2 aliphatic heterocycles. The number of rotatable bonds is 3. The summed E-state index contributed by atoms with van der Waals surface area (Å²) in [6.45, 7) is 1.94. The number of nitrogens with zero attached hydrogens (tertiary/aromatic N) is 1. The Morgan fingerprint density at radius 2 is 1.91 bits per heavy atom. The Morgan fingerprint density at radius 1 is 1.12 bits per heavy atom. The minimum absolute atomic E-state index is 0.155. The molecule has 0 radical (unpaired) electrons. The third-order valence-corrected chi connectivity index (χ3v) is 6.43. The maximum Gasteiger partial charge on any atom is 0.258 e. The second-order valence-corrected chi connectivity index (χ2v) is 8.40. The van der Waals surface area contributed by atoms with Crippen LogP contribution in [-0.4, -0.2) is 25.2 Å². The highest BCUT2D eigenvalue weighted by molar-refractivity contribution is 6.02. The van der Waals surface area contributed by atoms with E-state index in [-0.39, 0.29) is 18.2 Å². The van der Waals surface area contributed by atoms with E-state index in [1.54, 1.807) is 13.1 Å². The monoisotopic (exact) mass is 440 g/mol. The zero-order chi connectivity index (χ0) is 23.2. The first-order chi connectivity index (χ1) is 15.9. The normalized spacial score (nSPS) is 23.1. The van der Waals surface area contributed by atoms with Gasteiger partial charge >= 0.3 is 0 Å². The Balaban J connectivity index is 1.69. The molecule has 0 bridgehead atoms. The van der Waals surface area contributed by atoms with Crippen LogP contribution in [0.3, 0.4) is 0 Å². The van der Waals surface area contributed by atoms with Crippen molar-refractivity contribution in [1.82, 2.24) is 10.6 Å². The molecule has 166 valence electrons. The molecule has 1 spiro atoms. The topological polar surface area (TPSA) is 106 Å². The number of hydrogen-bond donors (Lipinski definition) is 3. The first kappa shape index (κ1) is 20.9. The van der Waals surface area contributed by atoms with Gasteiger partial charge in [0.05, 0.1) is 6.34 Å². The number of carbonyl (C=O) groups is 2. The number of hydrogen-bond acceptors (Lipinski definition) is 5. The van der Waals surface area contributed by atoms with Gasteiger partial charge in [-0.3, -0.25) is 20.3 Å². The van der Waals surface area contributed by atoms with E-state index in [0.29, 0.717) is 16.9 Å². The van der Waals surface area contributed by atoms with E-state index in [1.165, 1.54) is 6.34 Å². The molecule has 2 amide bonds. The molecule has 7 nitrogen and oxygen atoms in total. The van der Waals surface area contributed by atoms with Gasteiger partial charge in [-0.05, 0) is 41.8 Å². The van der Waals surface area contributed by atoms with Gasteiger partial charge in [0.15, 0.2) is 11.3 Å². The molecule has 5 rings (SSSR count). The molecular weight excluding hydrogens is 416 g/mol. The third kappa shape index (κ3) is 3.20. The number of nitrogens with two attached hydrogens (primary N) is 1. The number of aliphatic imine (C=N–C) groups is 1. The van der Waals surface area contributed by atoms with Crippen molar-refractivity contribution in [3.05, 3.63) is 89.0 Å². The van der Waals surface area contributed by atoms with Crippen molar-refractivity contribution in [3.63, 3.8) is 0 Å². The third-order valence-electron chi connectivity index (χ3n) is 6.43. The minimum Gasteiger partial charge on any atom is -0.468 e. The van der Waals surface area contributed by atoms with Gasteiger partial charge in [0.2, 0.25) is 0 Å². The molecule has 0 aromatic heterocycles. The van der Waals surface area contributed by atoms with Crippen molar-refractivity contribution < 1.29 is 14.3 Å². The molecule has 2 heterocycles. The molecule has 7 heteroatoms. The smallest absolute Gasteiger partial charge is 0.258 e. The molecule has 2 atom stereocenters. The number of benzene rings is 3. The summed E-state index contributed by atoms with van der Waals surface area (Å²) in [7, 11) is 1.60. The lowest BCUT2D eigenvalue weighted by Gasteiger charge is -2.43. The van der Waals surface area contributed by atoms with Crippen LogP contribution in [-0.2, 0) is 16.1 Å². The molecule has 2 aliphatic rings. The fraction of sp³-hybridized carbons (Fsp3) is 0.192. The van der Waals surface area contributed by atoms with Crippen LogP contribution in [0.4, 0.5) is 0 Å². The molecule has 0 saturated heterocycles. The van der Waals surface area contributed by atoms with Crippen molar-refractivity contribution in [2.45, 2.75) is 24.6 Å². The summed E-state index contributed by atoms with van der Waals surface area (Å²) >= 11 is 0. The van der Waals surface area contributed by atoms with Crippen LogP contribution in [0.15, 0.2) is 71.7 Å². The zero-order valence-corrected chi connectivity index (χ0v) is 18.4. The summed E-state index contributed by atoms with van der Waals surface area (Å²) in [4.78, 5) is 30.0. The molecule has 4 N–H and O–H groups in total. The van der Waals surface area contributed by atoms with Crippen LogP contribution in [0.2, 0.25) is 0 Å². The van der Waals surface area contributed by atoms with E-state index in [0.717, 1.165) is 22.3 Å². The van der Waals surface area contributed by atoms with Crippen molar-refractivity contribution in [3.8, 4) is 16.9 Å². The Morgan fingerprint density at radius 3 is 2.61 bits per heavy atom. The van der Waals surface area contributed by atoms with Gasteiger partial charge in [-0.2, -0.15) is 0 Å². The van der Waals surface area contributed by atoms with Crippen molar-refractivity contribution in [2.75, 3.05) is 7.05 Å². The summed E-state index contributed by atoms with van der Waals surface area (Å²) in [5, 5.41) is 5.38. The predicted molar refractivity (Wildman–Crippen MR) is 126 cm³/mol. The summed E-state index contributed by atoms with van der Waals surface area (Å²) in [5.41, 5.74) is 8.94. The Hall–Kier alpha value is -3.97. The first-order valence-electron chi connectivity index (χ1n) is 10.7. The second-order valence-electron chi connectivity index (χ2n) is 8.40. The first-order valence-corrected chi connectivity index (χ1v) is 10.7. The fourth-order valence-electron chi connectivity index (χ4n) is 4.84. The lowest BCUT2D eigenvalue weighted by atomic mass is 9.75. The molecule has 0 aliphatic carbocycles. The van der Waals surface area contributed by atoms with Crippen LogP contribution < -0.4 is 21.1 Å². The van der Waals surface area contributed by atoms with E-state index < -0.39 is 11.3 Å². The summed E-state index contributed by atoms with van der Waals surface area (Å²) < 4.78 is 6.35. The van der Waals surface area contributed by atoms with E-state index in [1.807, 2.05) is 67.6 Å². The highest BCUT2D eigenvalue weighted by Gasteiger charge is 2.55. The van der Waals surface area contributed by atoms with Gasteiger partial charge in [-0.15, -0.1) is 0 Å². The van der Waals surface area contributed by atoms with E-state index in [2.05, 4.69) is 15.6 Å². The van der Waals surface area contributed by atoms with Gasteiger partial charge in [0.25, 0.3) is 11.8 Å². The second kappa shape index (κ2) is 7.56. The number of nitrogens with one attached hydrogen (secondary N) is 2. The van der Waals surface area contributed by atoms with Gasteiger partial charge in [0.1, 0.15) is 5.75 Å². The molecule has 0 saturated carbocycles. The SMILES string of the molecule is CNC(=O)c1cccc(-c2ccc3c(c2C)C2(C[C@](N)(c4ccccc4)O3)N=CNC2=O)c1. The van der Waals surface area contributed by atoms with Gasteiger partial charge < -0.3 is 15.4 Å². The largest absolute Gasteiger partial charge is 0.468 e. The van der Waals surface area contributed by atoms with Crippen molar-refractivity contribution in [1.29, 1.82) is 0 Å². The highest BCUT2D eigenvalue weighted by atomic mass is 16.5. The minimum atomic E-state index is -1.22. The summed E-state index contributed by atoms with van der Waals surface area (Å²) in [6.07, 6.45) is 1.59. The highest BCUT2D eigenvalue weighted by Crippen LogP contribution is 2.51. The quantitative estimate of drug-likeness (QED) is 0.582. The molecule has 3 aromatic carbocycles. The van der Waals surface area contributed by atoms with Crippen LogP contribution >= 0.6 is 0 Å². The average Bonchev–Trinajstić information content (AvgIpc) is 3.18. The Bertz CT molecular complexity index is 1300. The number of fused-ring (bicyclic) bond motifs is 2. The van der Waals surface area contributed by atoms with Crippen LogP contribution in [0, 0.1) is 6.92 Å². The standard InChI is InChI=1S/C26H24N4O3/c1-16-20(17-7-6-8-18(13-17)23(31)28-2)11-12-21-22(16)25(24(32)29-15-30-25)14-26(27,33-21)19-9-4-3-5-10-19/h3-13,15H,14,27H2,1-2H3,(H,28,31)(H,29,30,32)/t25?,26-/m1/s1. The van der Waals surface area contributed by atoms with Gasteiger partial charge in [-0.1, -0.05) is 48.5 Å². The summed E-state index contributed by atoms with van der Waals surface area (Å²) in [6, 6.07) is 20.6. The van der Waals surface area contributed by atoms with E-state index >= 15 is 0 Å². The van der Waals surface area contributed by atoms with Crippen molar-refractivity contribution >= 4 is 18.2 Å². The Labute approximate surface area is 191 Å². The predicted octanol–water partition coefficient (Wildman–Crippen LogP) is 2.97. The number of carbonyl (C=O) groups excluding carboxylic acids is 2. The van der Waals surface area contributed by atoms with E-state index in [9.17, 15) is 9.59 Å². The summed E-state index contributed by atoms with van der Waals surface area (Å²) in [5.74, 6) is 0.116. The zero-order valence-electron chi connectivity index (χ0n) is 18.4. The van der Waals surface area contributed by atoms with Crippen LogP contribution in [0.5, 0.6) is 5.75 Å². The molecular formula is C26H24N4O3. The molecule has 0 fully saturated rings. The van der Waals surface area contributed by atoms with Crippen molar-refractivity contribution in [2.24, 2.45) is 10.7 Å². The maximum absolute atomic E-state index is 13.2. The van der Waals surface area contributed by atoms with Crippen LogP contribution in [0.25, 0.3) is 11.1 Å². The lowest BCUT2D eigenvalue weighted by Crippen LogP contribution is -2.54. The Kier molecular flexibility index (Phi) is 4.79. The maximum atomic E-state index is 13.2. The number of ether oxygens (including phenoxy) is 1. The number of amides is 2. The molecule has 33 heavy (non-hydrogen) atoms. The van der Waals surface area contributed by atoms with E-state index in [4.69, 9.17) is 10.5 Å². The van der Waals surface area contributed by atoms with Gasteiger partial charge in [0, 0.05) is 30.2 Å². The average molecular weight is 441 g/mol. The van der Waals surface area contributed by atoms with Crippen LogP contribution in [0.1, 0.15) is 33.5 Å². The lowest BCUT2D eigenvalue weighted by molar-refractivity contribution is -0.127. The molecule has 3 aromatic rings.